The number of aryl methyl sites for hydroxylation is 1. The zero-order valence-electron chi connectivity index (χ0n) is 14.3. The second kappa shape index (κ2) is 7.03. The molecule has 0 atom stereocenters. The van der Waals surface area contributed by atoms with Crippen LogP contribution in [0.15, 0.2) is 41.3 Å². The van der Waals surface area contributed by atoms with E-state index in [0.29, 0.717) is 16.8 Å². The van der Waals surface area contributed by atoms with Crippen LogP contribution < -0.4 is 5.56 Å². The number of esters is 1. The van der Waals surface area contributed by atoms with Crippen molar-refractivity contribution in [2.24, 2.45) is 0 Å². The van der Waals surface area contributed by atoms with Crippen molar-refractivity contribution in [1.82, 2.24) is 9.55 Å². The van der Waals surface area contributed by atoms with Gasteiger partial charge in [-0.15, -0.1) is 0 Å². The van der Waals surface area contributed by atoms with Crippen LogP contribution in [0.25, 0.3) is 10.9 Å². The van der Waals surface area contributed by atoms with Crippen LogP contribution >= 0.6 is 0 Å². The molecular weight excluding hydrogens is 342 g/mol. The lowest BCUT2D eigenvalue weighted by Crippen LogP contribution is -2.21. The molecule has 2 heterocycles. The van der Waals surface area contributed by atoms with Crippen molar-refractivity contribution in [3.05, 3.63) is 75.3 Å². The zero-order valence-corrected chi connectivity index (χ0v) is 14.3. The standard InChI is InChI=1S/C19H16F2N2O3/c1-3-26-19(25)15-9-16-17(22-11(15)2)4-5-23(18(16)24)10-12-6-13(20)8-14(21)7-12/h4-9H,3,10H2,1-2H3. The van der Waals surface area contributed by atoms with E-state index in [1.54, 1.807) is 19.9 Å². The minimum atomic E-state index is -0.712. The summed E-state index contributed by atoms with van der Waals surface area (Å²) < 4.78 is 33.0. The first kappa shape index (κ1) is 17.7. The van der Waals surface area contributed by atoms with Gasteiger partial charge in [-0.3, -0.25) is 9.78 Å². The number of hydrogen-bond donors (Lipinski definition) is 0. The molecular formula is C19H16F2N2O3. The van der Waals surface area contributed by atoms with E-state index >= 15 is 0 Å². The topological polar surface area (TPSA) is 61.2 Å². The Morgan fingerprint density at radius 2 is 1.88 bits per heavy atom. The third-order valence-corrected chi connectivity index (χ3v) is 3.92. The number of carbonyl (C=O) groups is 1. The smallest absolute Gasteiger partial charge is 0.339 e. The fourth-order valence-corrected chi connectivity index (χ4v) is 2.74. The van der Waals surface area contributed by atoms with Gasteiger partial charge in [0.25, 0.3) is 5.56 Å². The second-order valence-corrected chi connectivity index (χ2v) is 5.80. The Bertz CT molecular complexity index is 1040. The van der Waals surface area contributed by atoms with Gasteiger partial charge in [0, 0.05) is 12.3 Å². The Labute approximate surface area is 147 Å². The summed E-state index contributed by atoms with van der Waals surface area (Å²) in [5, 5.41) is 0.234. The molecule has 0 N–H and O–H groups in total. The minimum absolute atomic E-state index is 0.00787. The highest BCUT2D eigenvalue weighted by Gasteiger charge is 2.15. The normalized spacial score (nSPS) is 10.9. The van der Waals surface area contributed by atoms with E-state index in [4.69, 9.17) is 4.74 Å². The molecule has 0 saturated heterocycles. The van der Waals surface area contributed by atoms with Gasteiger partial charge in [0.05, 0.1) is 35.3 Å². The van der Waals surface area contributed by atoms with Crippen molar-refractivity contribution in [3.63, 3.8) is 0 Å². The maximum atomic E-state index is 13.4. The number of aromatic nitrogens is 2. The van der Waals surface area contributed by atoms with Crippen molar-refractivity contribution in [2.45, 2.75) is 20.4 Å². The van der Waals surface area contributed by atoms with Gasteiger partial charge in [-0.2, -0.15) is 0 Å². The zero-order chi connectivity index (χ0) is 18.8. The summed E-state index contributed by atoms with van der Waals surface area (Å²) in [6.07, 6.45) is 1.50. The molecule has 0 saturated carbocycles. The number of benzene rings is 1. The van der Waals surface area contributed by atoms with Crippen LogP contribution in [-0.2, 0) is 11.3 Å². The quantitative estimate of drug-likeness (QED) is 0.672. The highest BCUT2D eigenvalue weighted by molar-refractivity contribution is 5.94. The average Bonchev–Trinajstić information content (AvgIpc) is 2.56. The number of hydrogen-bond acceptors (Lipinski definition) is 4. The minimum Gasteiger partial charge on any atom is -0.462 e. The van der Waals surface area contributed by atoms with Crippen molar-refractivity contribution >= 4 is 16.9 Å². The summed E-state index contributed by atoms with van der Waals surface area (Å²) in [5.74, 6) is -1.98. The van der Waals surface area contributed by atoms with Crippen LogP contribution in [0.4, 0.5) is 8.78 Å². The highest BCUT2D eigenvalue weighted by atomic mass is 19.1. The molecule has 0 bridgehead atoms. The molecule has 0 aliphatic carbocycles. The van der Waals surface area contributed by atoms with Gasteiger partial charge in [0.2, 0.25) is 0 Å². The number of halogens is 2. The SMILES string of the molecule is CCOC(=O)c1cc2c(=O)n(Cc3cc(F)cc(F)c3)ccc2nc1C. The predicted molar refractivity (Wildman–Crippen MR) is 92.2 cm³/mol. The number of carbonyl (C=O) groups excluding carboxylic acids is 1. The molecule has 7 heteroatoms. The first-order chi connectivity index (χ1) is 12.4. The number of fused-ring (bicyclic) bond motifs is 1. The summed E-state index contributed by atoms with van der Waals surface area (Å²) in [7, 11) is 0. The van der Waals surface area contributed by atoms with Gasteiger partial charge in [-0.1, -0.05) is 0 Å². The molecule has 3 rings (SSSR count). The largest absolute Gasteiger partial charge is 0.462 e. The lowest BCUT2D eigenvalue weighted by Gasteiger charge is -2.10. The summed E-state index contributed by atoms with van der Waals surface area (Å²) >= 11 is 0. The number of rotatable bonds is 4. The summed E-state index contributed by atoms with van der Waals surface area (Å²) in [6, 6.07) is 6.16. The Hall–Kier alpha value is -3.09. The third kappa shape index (κ3) is 3.46. The van der Waals surface area contributed by atoms with Gasteiger partial charge >= 0.3 is 5.97 Å². The van der Waals surface area contributed by atoms with E-state index in [2.05, 4.69) is 4.98 Å². The number of nitrogens with zero attached hydrogens (tertiary/aromatic N) is 2. The molecule has 0 amide bonds. The fourth-order valence-electron chi connectivity index (χ4n) is 2.74. The molecule has 0 aliphatic heterocycles. The monoisotopic (exact) mass is 358 g/mol. The van der Waals surface area contributed by atoms with Crippen LogP contribution in [0, 0.1) is 18.6 Å². The molecule has 5 nitrogen and oxygen atoms in total. The molecule has 2 aromatic heterocycles. The fraction of sp³-hybridized carbons (Fsp3) is 0.211. The Morgan fingerprint density at radius 1 is 1.19 bits per heavy atom. The third-order valence-electron chi connectivity index (χ3n) is 3.92. The molecule has 0 spiro atoms. The van der Waals surface area contributed by atoms with Crippen molar-refractivity contribution in [1.29, 1.82) is 0 Å². The van der Waals surface area contributed by atoms with Crippen LogP contribution in [0.5, 0.6) is 0 Å². The molecule has 3 aromatic rings. The maximum Gasteiger partial charge on any atom is 0.339 e. The molecule has 1 aromatic carbocycles. The van der Waals surface area contributed by atoms with Crippen molar-refractivity contribution in [2.75, 3.05) is 6.61 Å². The van der Waals surface area contributed by atoms with Gasteiger partial charge in [0.1, 0.15) is 11.6 Å². The second-order valence-electron chi connectivity index (χ2n) is 5.80. The molecule has 0 aliphatic rings. The average molecular weight is 358 g/mol. The molecule has 0 fully saturated rings. The Morgan fingerprint density at radius 3 is 2.54 bits per heavy atom. The van der Waals surface area contributed by atoms with Crippen LogP contribution in [0.3, 0.4) is 0 Å². The van der Waals surface area contributed by atoms with Crippen LogP contribution in [-0.4, -0.2) is 22.1 Å². The molecule has 0 radical (unpaired) electrons. The van der Waals surface area contributed by atoms with E-state index in [-0.39, 0.29) is 24.1 Å². The summed E-state index contributed by atoms with van der Waals surface area (Å²) in [4.78, 5) is 29.0. The first-order valence-corrected chi connectivity index (χ1v) is 8.02. The van der Waals surface area contributed by atoms with Gasteiger partial charge in [-0.05, 0) is 43.7 Å². The van der Waals surface area contributed by atoms with E-state index in [0.717, 1.165) is 18.2 Å². The lowest BCUT2D eigenvalue weighted by atomic mass is 10.1. The van der Waals surface area contributed by atoms with Gasteiger partial charge in [-0.25, -0.2) is 13.6 Å². The number of ether oxygens (including phenoxy) is 1. The van der Waals surface area contributed by atoms with Crippen LogP contribution in [0.1, 0.15) is 28.5 Å². The highest BCUT2D eigenvalue weighted by Crippen LogP contribution is 2.15. The lowest BCUT2D eigenvalue weighted by molar-refractivity contribution is 0.0525. The van der Waals surface area contributed by atoms with E-state index in [1.807, 2.05) is 0 Å². The first-order valence-electron chi connectivity index (χ1n) is 8.02. The van der Waals surface area contributed by atoms with Gasteiger partial charge in [0.15, 0.2) is 0 Å². The van der Waals surface area contributed by atoms with Gasteiger partial charge < -0.3 is 9.30 Å². The van der Waals surface area contributed by atoms with Crippen LogP contribution in [0.2, 0.25) is 0 Å². The molecule has 134 valence electrons. The number of pyridine rings is 2. The van der Waals surface area contributed by atoms with Crippen molar-refractivity contribution in [3.8, 4) is 0 Å². The maximum absolute atomic E-state index is 13.4. The summed E-state index contributed by atoms with van der Waals surface area (Å²) in [6.45, 7) is 3.55. The Balaban J connectivity index is 2.08. The molecule has 26 heavy (non-hydrogen) atoms. The van der Waals surface area contributed by atoms with E-state index < -0.39 is 23.2 Å². The van der Waals surface area contributed by atoms with Crippen molar-refractivity contribution < 1.29 is 18.3 Å². The molecule has 0 unspecified atom stereocenters. The Kier molecular flexibility index (Phi) is 4.79. The predicted octanol–water partition coefficient (Wildman–Crippen LogP) is 3.21. The van der Waals surface area contributed by atoms with E-state index in [1.165, 1.54) is 16.8 Å². The van der Waals surface area contributed by atoms with E-state index in [9.17, 15) is 18.4 Å². The summed E-state index contributed by atoms with van der Waals surface area (Å²) in [5.41, 5.74) is 1.01.